The Morgan fingerprint density at radius 2 is 2.00 bits per heavy atom. The molecular weight excluding hydrogens is 244 g/mol. The summed E-state index contributed by atoms with van der Waals surface area (Å²) in [5, 5.41) is 0. The zero-order chi connectivity index (χ0) is 10.2. The highest BCUT2D eigenvalue weighted by atomic mass is 79.9. The fourth-order valence-electron chi connectivity index (χ4n) is 1.77. The largest absolute Gasteiger partial charge is 0.495 e. The number of hydrogen-bond acceptors (Lipinski definition) is 2. The third-order valence-corrected chi connectivity index (χ3v) is 3.38. The topological polar surface area (TPSA) is 18.5 Å². The van der Waals surface area contributed by atoms with E-state index < -0.39 is 0 Å². The van der Waals surface area contributed by atoms with E-state index in [0.717, 1.165) is 28.6 Å². The minimum atomic E-state index is -0.0882. The first-order valence-corrected chi connectivity index (χ1v) is 5.41. The summed E-state index contributed by atoms with van der Waals surface area (Å²) in [6.45, 7) is 0. The predicted octanol–water partition coefficient (Wildman–Crippen LogP) is 3.09. The summed E-state index contributed by atoms with van der Waals surface area (Å²) in [7, 11) is 3.45. The van der Waals surface area contributed by atoms with Gasteiger partial charge in [0, 0.05) is 12.7 Å². The van der Waals surface area contributed by atoms with E-state index in [9.17, 15) is 0 Å². The Hall–Kier alpha value is -0.540. The van der Waals surface area contributed by atoms with Crippen molar-refractivity contribution in [2.75, 3.05) is 14.2 Å². The van der Waals surface area contributed by atoms with Crippen LogP contribution in [0.1, 0.15) is 18.4 Å². The summed E-state index contributed by atoms with van der Waals surface area (Å²) >= 11 is 3.48. The van der Waals surface area contributed by atoms with Crippen molar-refractivity contribution in [3.63, 3.8) is 0 Å². The van der Waals surface area contributed by atoms with E-state index in [1.54, 1.807) is 14.2 Å². The molecule has 3 heteroatoms. The van der Waals surface area contributed by atoms with Crippen LogP contribution in [0.5, 0.6) is 5.75 Å². The molecule has 0 radical (unpaired) electrons. The normalized spacial score (nSPS) is 17.9. The van der Waals surface area contributed by atoms with E-state index >= 15 is 0 Å². The molecule has 1 aliphatic carbocycles. The van der Waals surface area contributed by atoms with E-state index in [1.165, 1.54) is 0 Å². The fourth-order valence-corrected chi connectivity index (χ4v) is 2.30. The number of para-hydroxylation sites is 1. The van der Waals surface area contributed by atoms with Crippen molar-refractivity contribution < 1.29 is 9.47 Å². The van der Waals surface area contributed by atoms with Crippen molar-refractivity contribution >= 4 is 15.9 Å². The number of rotatable bonds is 3. The molecule has 1 fully saturated rings. The van der Waals surface area contributed by atoms with Gasteiger partial charge in [0.05, 0.1) is 17.2 Å². The van der Waals surface area contributed by atoms with Gasteiger partial charge >= 0.3 is 0 Å². The van der Waals surface area contributed by atoms with Gasteiger partial charge < -0.3 is 9.47 Å². The van der Waals surface area contributed by atoms with Crippen LogP contribution in [-0.4, -0.2) is 14.2 Å². The average Bonchev–Trinajstić information content (AvgIpc) is 2.98. The molecule has 1 saturated carbocycles. The Labute approximate surface area is 92.3 Å². The molecule has 0 amide bonds. The van der Waals surface area contributed by atoms with Crippen LogP contribution >= 0.6 is 15.9 Å². The molecule has 0 unspecified atom stereocenters. The molecule has 1 aromatic rings. The Bertz CT molecular complexity index is 345. The molecule has 0 spiro atoms. The number of hydrogen-bond donors (Lipinski definition) is 0. The zero-order valence-electron chi connectivity index (χ0n) is 8.34. The summed E-state index contributed by atoms with van der Waals surface area (Å²) in [4.78, 5) is 0. The smallest absolute Gasteiger partial charge is 0.139 e. The molecule has 0 N–H and O–H groups in total. The lowest BCUT2D eigenvalue weighted by atomic mass is 10.1. The Kier molecular flexibility index (Phi) is 2.54. The van der Waals surface area contributed by atoms with Crippen molar-refractivity contribution in [2.24, 2.45) is 0 Å². The minimum Gasteiger partial charge on any atom is -0.495 e. The van der Waals surface area contributed by atoms with Crippen molar-refractivity contribution in [3.05, 3.63) is 28.2 Å². The molecule has 0 heterocycles. The lowest BCUT2D eigenvalue weighted by molar-refractivity contribution is 0.0765. The van der Waals surface area contributed by atoms with Gasteiger partial charge in [-0.05, 0) is 34.8 Å². The molecule has 1 aliphatic rings. The first kappa shape index (κ1) is 9.99. The lowest BCUT2D eigenvalue weighted by Gasteiger charge is -2.18. The standard InChI is InChI=1S/C11H13BrO2/c1-13-10-8(4-3-5-9(10)12)11(14-2)6-7-11/h3-5H,6-7H2,1-2H3. The summed E-state index contributed by atoms with van der Waals surface area (Å²) in [5.41, 5.74) is 1.06. The van der Waals surface area contributed by atoms with Gasteiger partial charge in [0.15, 0.2) is 0 Å². The van der Waals surface area contributed by atoms with Crippen molar-refractivity contribution in [3.8, 4) is 5.75 Å². The van der Waals surface area contributed by atoms with E-state index in [2.05, 4.69) is 22.0 Å². The molecule has 0 aliphatic heterocycles. The highest BCUT2D eigenvalue weighted by Gasteiger charge is 2.46. The van der Waals surface area contributed by atoms with Gasteiger partial charge in [0.1, 0.15) is 5.75 Å². The quantitative estimate of drug-likeness (QED) is 0.828. The molecule has 0 saturated heterocycles. The maximum Gasteiger partial charge on any atom is 0.139 e. The molecule has 1 aromatic carbocycles. The highest BCUT2D eigenvalue weighted by Crippen LogP contribution is 2.52. The molecule has 0 bridgehead atoms. The van der Waals surface area contributed by atoms with Crippen LogP contribution in [0.2, 0.25) is 0 Å². The highest BCUT2D eigenvalue weighted by molar-refractivity contribution is 9.10. The van der Waals surface area contributed by atoms with Gasteiger partial charge in [-0.15, -0.1) is 0 Å². The van der Waals surface area contributed by atoms with Crippen LogP contribution in [0.15, 0.2) is 22.7 Å². The third-order valence-electron chi connectivity index (χ3n) is 2.76. The Morgan fingerprint density at radius 3 is 2.50 bits per heavy atom. The number of benzene rings is 1. The average molecular weight is 257 g/mol. The van der Waals surface area contributed by atoms with Gasteiger partial charge in [-0.25, -0.2) is 0 Å². The fraction of sp³-hybridized carbons (Fsp3) is 0.455. The van der Waals surface area contributed by atoms with Crippen molar-refractivity contribution in [1.29, 1.82) is 0 Å². The number of halogens is 1. The van der Waals surface area contributed by atoms with E-state index in [0.29, 0.717) is 0 Å². The Morgan fingerprint density at radius 1 is 1.29 bits per heavy atom. The number of methoxy groups -OCH3 is 2. The van der Waals surface area contributed by atoms with Crippen molar-refractivity contribution in [2.45, 2.75) is 18.4 Å². The van der Waals surface area contributed by atoms with Crippen LogP contribution in [0.4, 0.5) is 0 Å². The predicted molar refractivity (Wildman–Crippen MR) is 58.6 cm³/mol. The molecule has 76 valence electrons. The van der Waals surface area contributed by atoms with Gasteiger partial charge in [0.2, 0.25) is 0 Å². The maximum atomic E-state index is 5.53. The molecule has 0 aromatic heterocycles. The SMILES string of the molecule is COc1c(Br)cccc1C1(OC)CC1. The van der Waals surface area contributed by atoms with E-state index in [1.807, 2.05) is 12.1 Å². The summed E-state index contributed by atoms with van der Waals surface area (Å²) in [6, 6.07) is 6.06. The molecule has 2 nitrogen and oxygen atoms in total. The molecule has 0 atom stereocenters. The van der Waals surface area contributed by atoms with Crippen LogP contribution < -0.4 is 4.74 Å². The van der Waals surface area contributed by atoms with E-state index in [4.69, 9.17) is 9.47 Å². The van der Waals surface area contributed by atoms with Crippen LogP contribution in [0.25, 0.3) is 0 Å². The van der Waals surface area contributed by atoms with E-state index in [-0.39, 0.29) is 5.60 Å². The molecule has 14 heavy (non-hydrogen) atoms. The van der Waals surface area contributed by atoms with Gasteiger partial charge in [-0.1, -0.05) is 12.1 Å². The second-order valence-electron chi connectivity index (χ2n) is 3.52. The Balaban J connectivity index is 2.47. The summed E-state index contributed by atoms with van der Waals surface area (Å²) in [5.74, 6) is 0.895. The van der Waals surface area contributed by atoms with Crippen LogP contribution in [0.3, 0.4) is 0 Å². The maximum absolute atomic E-state index is 5.53. The summed E-state index contributed by atoms with van der Waals surface area (Å²) in [6.07, 6.45) is 2.16. The summed E-state index contributed by atoms with van der Waals surface area (Å²) < 4.78 is 11.9. The first-order valence-electron chi connectivity index (χ1n) is 4.61. The molecular formula is C11H13BrO2. The first-order chi connectivity index (χ1) is 6.73. The second kappa shape index (κ2) is 3.55. The lowest BCUT2D eigenvalue weighted by Crippen LogP contribution is -2.10. The second-order valence-corrected chi connectivity index (χ2v) is 4.37. The van der Waals surface area contributed by atoms with Gasteiger partial charge in [0.25, 0.3) is 0 Å². The number of ether oxygens (including phenoxy) is 2. The zero-order valence-corrected chi connectivity index (χ0v) is 9.93. The van der Waals surface area contributed by atoms with Crippen molar-refractivity contribution in [1.82, 2.24) is 0 Å². The minimum absolute atomic E-state index is 0.0882. The van der Waals surface area contributed by atoms with Gasteiger partial charge in [-0.2, -0.15) is 0 Å². The monoisotopic (exact) mass is 256 g/mol. The molecule has 2 rings (SSSR count). The van der Waals surface area contributed by atoms with Gasteiger partial charge in [-0.3, -0.25) is 0 Å². The third kappa shape index (κ3) is 1.44. The van der Waals surface area contributed by atoms with Crippen LogP contribution in [-0.2, 0) is 10.3 Å². The van der Waals surface area contributed by atoms with Crippen LogP contribution in [0, 0.1) is 0 Å².